The predicted molar refractivity (Wildman–Crippen MR) is 127 cm³/mol. The van der Waals surface area contributed by atoms with E-state index in [9.17, 15) is 9.59 Å². The molecule has 0 aliphatic rings. The Morgan fingerprint density at radius 3 is 2.81 bits per heavy atom. The van der Waals surface area contributed by atoms with E-state index < -0.39 is 11.5 Å². The summed E-state index contributed by atoms with van der Waals surface area (Å²) in [6, 6.07) is 18.4. The van der Waals surface area contributed by atoms with Crippen LogP contribution >= 0.6 is 22.9 Å². The van der Waals surface area contributed by atoms with Crippen molar-refractivity contribution in [3.05, 3.63) is 86.5 Å². The van der Waals surface area contributed by atoms with Crippen LogP contribution in [-0.4, -0.2) is 24.2 Å². The van der Waals surface area contributed by atoms with Gasteiger partial charge in [-0.05, 0) is 41.1 Å². The summed E-state index contributed by atoms with van der Waals surface area (Å²) in [5.41, 5.74) is 0.494. The average Bonchev–Trinajstić information content (AvgIpc) is 3.12. The summed E-state index contributed by atoms with van der Waals surface area (Å²) in [4.78, 5) is 30.4. The molecule has 8 heteroatoms. The van der Waals surface area contributed by atoms with E-state index in [4.69, 9.17) is 20.8 Å². The van der Waals surface area contributed by atoms with Crippen molar-refractivity contribution < 1.29 is 13.9 Å². The Bertz CT molecular complexity index is 1630. The van der Waals surface area contributed by atoms with Crippen molar-refractivity contribution in [2.45, 2.75) is 6.54 Å². The van der Waals surface area contributed by atoms with Gasteiger partial charge in [-0.1, -0.05) is 53.3 Å². The lowest BCUT2D eigenvalue weighted by Crippen LogP contribution is -2.21. The van der Waals surface area contributed by atoms with Crippen molar-refractivity contribution in [3.63, 3.8) is 0 Å². The van der Waals surface area contributed by atoms with Gasteiger partial charge < -0.3 is 13.7 Å². The van der Waals surface area contributed by atoms with Crippen molar-refractivity contribution in [3.8, 4) is 0 Å². The lowest BCUT2D eigenvalue weighted by atomic mass is 10.0. The molecular weight excluding hydrogens is 448 g/mol. The van der Waals surface area contributed by atoms with Gasteiger partial charge in [-0.15, -0.1) is 0 Å². The summed E-state index contributed by atoms with van der Waals surface area (Å²) < 4.78 is 13.4. The van der Waals surface area contributed by atoms with Crippen molar-refractivity contribution in [2.24, 2.45) is 4.99 Å². The van der Waals surface area contributed by atoms with Crippen LogP contribution in [0.2, 0.25) is 5.02 Å². The number of hydrogen-bond donors (Lipinski definition) is 0. The van der Waals surface area contributed by atoms with Crippen LogP contribution < -0.4 is 10.4 Å². The Labute approximate surface area is 191 Å². The smallest absolute Gasteiger partial charge is 0.349 e. The summed E-state index contributed by atoms with van der Waals surface area (Å²) in [6.07, 6.45) is 0. The number of methoxy groups -OCH3 is 1. The molecule has 6 nitrogen and oxygen atoms in total. The largest absolute Gasteiger partial charge is 0.422 e. The zero-order valence-electron chi connectivity index (χ0n) is 17.0. The second kappa shape index (κ2) is 8.35. The minimum Gasteiger partial charge on any atom is -0.422 e. The third-order valence-corrected chi connectivity index (χ3v) is 6.51. The maximum Gasteiger partial charge on any atom is 0.349 e. The molecule has 0 aliphatic heterocycles. The molecule has 0 saturated heterocycles. The molecule has 5 rings (SSSR count). The van der Waals surface area contributed by atoms with Crippen LogP contribution in [0.3, 0.4) is 0 Å². The van der Waals surface area contributed by atoms with E-state index in [1.807, 2.05) is 47.0 Å². The van der Waals surface area contributed by atoms with Crippen molar-refractivity contribution in [2.75, 3.05) is 13.7 Å². The maximum atomic E-state index is 13.1. The minimum absolute atomic E-state index is 0.109. The number of rotatable bonds is 4. The first kappa shape index (κ1) is 20.6. The fraction of sp³-hybridized carbons (Fsp3) is 0.125. The molecule has 0 aliphatic carbocycles. The lowest BCUT2D eigenvalue weighted by Gasteiger charge is -2.05. The van der Waals surface area contributed by atoms with E-state index in [0.29, 0.717) is 33.9 Å². The number of nitrogens with zero attached hydrogens (tertiary/aromatic N) is 2. The van der Waals surface area contributed by atoms with Gasteiger partial charge in [0.2, 0.25) is 0 Å². The van der Waals surface area contributed by atoms with Crippen molar-refractivity contribution in [1.82, 2.24) is 4.57 Å². The lowest BCUT2D eigenvalue weighted by molar-refractivity contribution is 0.0994. The van der Waals surface area contributed by atoms with Gasteiger partial charge in [-0.25, -0.2) is 4.79 Å². The van der Waals surface area contributed by atoms with Crippen molar-refractivity contribution >= 4 is 60.8 Å². The first-order chi connectivity index (χ1) is 15.5. The van der Waals surface area contributed by atoms with Crippen LogP contribution in [-0.2, 0) is 11.3 Å². The number of benzene rings is 3. The molecule has 2 aromatic heterocycles. The minimum atomic E-state index is -0.714. The summed E-state index contributed by atoms with van der Waals surface area (Å²) in [6.45, 7) is 0.946. The highest BCUT2D eigenvalue weighted by atomic mass is 35.5. The van der Waals surface area contributed by atoms with Gasteiger partial charge in [-0.2, -0.15) is 4.99 Å². The Morgan fingerprint density at radius 2 is 1.97 bits per heavy atom. The summed E-state index contributed by atoms with van der Waals surface area (Å²) in [5, 5.41) is 3.17. The number of hydrogen-bond acceptors (Lipinski definition) is 5. The van der Waals surface area contributed by atoms with E-state index in [0.717, 1.165) is 21.0 Å². The molecule has 5 aromatic rings. The average molecular weight is 465 g/mol. The van der Waals surface area contributed by atoms with Gasteiger partial charge in [0.1, 0.15) is 11.1 Å². The highest BCUT2D eigenvalue weighted by Crippen LogP contribution is 2.25. The molecule has 0 bridgehead atoms. The molecule has 1 amide bonds. The Kier molecular flexibility index (Phi) is 5.38. The highest BCUT2D eigenvalue weighted by molar-refractivity contribution is 7.16. The van der Waals surface area contributed by atoms with Crippen LogP contribution in [0.1, 0.15) is 10.4 Å². The number of amides is 1. The summed E-state index contributed by atoms with van der Waals surface area (Å²) in [7, 11) is 1.61. The second-order valence-corrected chi connectivity index (χ2v) is 8.65. The van der Waals surface area contributed by atoms with Crippen LogP contribution in [0.25, 0.3) is 32.0 Å². The fourth-order valence-electron chi connectivity index (χ4n) is 3.70. The first-order valence-electron chi connectivity index (χ1n) is 9.87. The standard InChI is InChI=1S/C24H17ClN2O4S/c1-30-11-10-27-19-8-7-15(25)12-21(19)32-24(27)26-22(28)18-13-17-16-5-3-2-4-14(16)6-9-20(17)31-23(18)29/h2-9,12-13H,10-11H2,1H3. The van der Waals surface area contributed by atoms with E-state index in [1.54, 1.807) is 25.3 Å². The number of aromatic nitrogens is 1. The molecule has 0 saturated carbocycles. The van der Waals surface area contributed by atoms with Crippen LogP contribution in [0.5, 0.6) is 0 Å². The zero-order chi connectivity index (χ0) is 22.2. The molecule has 0 unspecified atom stereocenters. The third-order valence-electron chi connectivity index (χ3n) is 5.23. The molecule has 3 aromatic carbocycles. The van der Waals surface area contributed by atoms with Crippen LogP contribution in [0, 0.1) is 0 Å². The van der Waals surface area contributed by atoms with Gasteiger partial charge >= 0.3 is 5.63 Å². The van der Waals surface area contributed by atoms with Gasteiger partial charge in [0.15, 0.2) is 4.80 Å². The van der Waals surface area contributed by atoms with Crippen molar-refractivity contribution in [1.29, 1.82) is 0 Å². The Balaban J connectivity index is 1.69. The van der Waals surface area contributed by atoms with Gasteiger partial charge in [0, 0.05) is 24.1 Å². The molecule has 0 N–H and O–H groups in total. The summed E-state index contributed by atoms with van der Waals surface area (Å²) >= 11 is 7.46. The molecule has 0 fully saturated rings. The second-order valence-electron chi connectivity index (χ2n) is 7.20. The zero-order valence-corrected chi connectivity index (χ0v) is 18.6. The number of ether oxygens (including phenoxy) is 1. The number of carbonyl (C=O) groups is 1. The fourth-order valence-corrected chi connectivity index (χ4v) is 5.03. The van der Waals surface area contributed by atoms with Gasteiger partial charge in [0.05, 0.1) is 16.8 Å². The monoisotopic (exact) mass is 464 g/mol. The molecule has 32 heavy (non-hydrogen) atoms. The molecular formula is C24H17ClN2O4S. The van der Waals surface area contributed by atoms with Crippen LogP contribution in [0.15, 0.2) is 74.9 Å². The van der Waals surface area contributed by atoms with E-state index in [1.165, 1.54) is 11.3 Å². The number of carbonyl (C=O) groups excluding carboxylic acids is 1. The van der Waals surface area contributed by atoms with Gasteiger partial charge in [-0.3, -0.25) is 4.79 Å². The molecule has 160 valence electrons. The normalized spacial score (nSPS) is 12.2. The SMILES string of the molecule is COCCn1c(=NC(=O)c2cc3c(ccc4ccccc43)oc2=O)sc2cc(Cl)ccc21. The first-order valence-corrected chi connectivity index (χ1v) is 11.1. The number of thiazole rings is 1. The quantitative estimate of drug-likeness (QED) is 0.277. The van der Waals surface area contributed by atoms with Crippen LogP contribution in [0.4, 0.5) is 0 Å². The molecule has 0 radical (unpaired) electrons. The Morgan fingerprint density at radius 1 is 1.12 bits per heavy atom. The molecule has 2 heterocycles. The Hall–Kier alpha value is -3.26. The number of halogens is 1. The maximum absolute atomic E-state index is 13.1. The number of fused-ring (bicyclic) bond motifs is 4. The van der Waals surface area contributed by atoms with E-state index in [-0.39, 0.29) is 5.56 Å². The van der Waals surface area contributed by atoms with Gasteiger partial charge in [0.25, 0.3) is 5.91 Å². The highest BCUT2D eigenvalue weighted by Gasteiger charge is 2.16. The summed E-state index contributed by atoms with van der Waals surface area (Å²) in [5.74, 6) is -0.655. The topological polar surface area (TPSA) is 73.8 Å². The predicted octanol–water partition coefficient (Wildman–Crippen LogP) is 5.00. The molecule has 0 atom stereocenters. The van der Waals surface area contributed by atoms with E-state index in [2.05, 4.69) is 4.99 Å². The van der Waals surface area contributed by atoms with E-state index >= 15 is 0 Å². The third kappa shape index (κ3) is 3.64. The molecule has 0 spiro atoms.